The minimum Gasteiger partial charge on any atom is -0.494 e. The lowest BCUT2D eigenvalue weighted by Crippen LogP contribution is -2.21. The molecule has 88 valence electrons. The first-order valence-corrected chi connectivity index (χ1v) is 5.58. The van der Waals surface area contributed by atoms with Crippen molar-refractivity contribution < 1.29 is 14.2 Å². The van der Waals surface area contributed by atoms with E-state index in [0.29, 0.717) is 12.0 Å². The van der Waals surface area contributed by atoms with E-state index in [1.54, 1.807) is 25.1 Å². The van der Waals surface area contributed by atoms with Gasteiger partial charge >= 0.3 is 0 Å². The van der Waals surface area contributed by atoms with Crippen LogP contribution in [-0.4, -0.2) is 18.3 Å². The largest absolute Gasteiger partial charge is 0.494 e. The number of aliphatic hydroxyl groups excluding tert-OH is 1. The molecule has 1 unspecified atom stereocenters. The Balaban J connectivity index is 2.22. The number of hydrogen-bond donors (Lipinski definition) is 1. The van der Waals surface area contributed by atoms with E-state index >= 15 is 0 Å². The number of hydrogen-bond acceptors (Lipinski definition) is 2. The summed E-state index contributed by atoms with van der Waals surface area (Å²) in [5.41, 5.74) is 0.533. The molecule has 1 aliphatic carbocycles. The van der Waals surface area contributed by atoms with E-state index in [2.05, 4.69) is 0 Å². The Bertz CT molecular complexity index is 384. The van der Waals surface area contributed by atoms with Crippen molar-refractivity contribution in [1.29, 1.82) is 0 Å². The quantitative estimate of drug-likeness (QED) is 0.851. The Morgan fingerprint density at radius 3 is 2.69 bits per heavy atom. The highest BCUT2D eigenvalue weighted by atomic mass is 19.1. The fourth-order valence-electron chi connectivity index (χ4n) is 2.13. The maximum absolute atomic E-state index is 13.9. The van der Waals surface area contributed by atoms with Crippen molar-refractivity contribution in [1.82, 2.24) is 0 Å². The van der Waals surface area contributed by atoms with Gasteiger partial charge in [-0.3, -0.25) is 0 Å². The molecule has 0 saturated heterocycles. The summed E-state index contributed by atoms with van der Waals surface area (Å²) in [6, 6.07) is 5.16. The van der Waals surface area contributed by atoms with Gasteiger partial charge in [0, 0.05) is 5.41 Å². The van der Waals surface area contributed by atoms with Crippen LogP contribution in [0.2, 0.25) is 0 Å². The van der Waals surface area contributed by atoms with Gasteiger partial charge in [-0.1, -0.05) is 12.1 Å². The second-order valence-electron chi connectivity index (χ2n) is 4.65. The first kappa shape index (κ1) is 11.4. The van der Waals surface area contributed by atoms with Gasteiger partial charge in [0.2, 0.25) is 0 Å². The molecule has 0 bridgehead atoms. The normalized spacial score (nSPS) is 19.2. The molecule has 0 amide bonds. The highest BCUT2D eigenvalue weighted by Gasteiger charge is 2.47. The number of halogens is 1. The molecule has 1 fully saturated rings. The number of methoxy groups -OCH3 is 1. The van der Waals surface area contributed by atoms with Gasteiger partial charge in [0.1, 0.15) is 0 Å². The Morgan fingerprint density at radius 2 is 2.19 bits per heavy atom. The van der Waals surface area contributed by atoms with E-state index in [-0.39, 0.29) is 23.1 Å². The Morgan fingerprint density at radius 1 is 1.50 bits per heavy atom. The number of ether oxygens (including phenoxy) is 1. The maximum Gasteiger partial charge on any atom is 0.168 e. The van der Waals surface area contributed by atoms with E-state index in [9.17, 15) is 9.50 Å². The molecule has 3 heteroatoms. The molecule has 0 radical (unpaired) electrons. The van der Waals surface area contributed by atoms with Crippen LogP contribution in [0.15, 0.2) is 18.2 Å². The smallest absolute Gasteiger partial charge is 0.168 e. The van der Waals surface area contributed by atoms with Crippen molar-refractivity contribution in [2.75, 3.05) is 7.11 Å². The molecule has 0 heterocycles. The average molecular weight is 224 g/mol. The third-order valence-electron chi connectivity index (χ3n) is 3.58. The van der Waals surface area contributed by atoms with Crippen LogP contribution in [0.1, 0.15) is 25.3 Å². The molecule has 1 saturated carbocycles. The van der Waals surface area contributed by atoms with Gasteiger partial charge in [0.15, 0.2) is 11.6 Å². The fourth-order valence-corrected chi connectivity index (χ4v) is 2.13. The topological polar surface area (TPSA) is 29.5 Å². The van der Waals surface area contributed by atoms with Crippen LogP contribution in [0.4, 0.5) is 4.39 Å². The van der Waals surface area contributed by atoms with Gasteiger partial charge < -0.3 is 9.84 Å². The zero-order chi connectivity index (χ0) is 11.8. The standard InChI is InChI=1S/C13H17FO2/c1-9(15)13(6-7-13)8-10-4-3-5-11(16-2)12(10)14/h3-5,9,15H,6-8H2,1-2H3. The molecule has 2 rings (SSSR count). The minimum absolute atomic E-state index is 0.104. The molecule has 0 aromatic heterocycles. The number of aliphatic hydroxyl groups is 1. The van der Waals surface area contributed by atoms with E-state index < -0.39 is 0 Å². The molecule has 1 aliphatic rings. The summed E-state index contributed by atoms with van der Waals surface area (Å²) in [5.74, 6) is -0.0178. The molecule has 1 aromatic carbocycles. The molecule has 0 spiro atoms. The summed E-state index contributed by atoms with van der Waals surface area (Å²) < 4.78 is 18.8. The molecular formula is C13H17FO2. The zero-order valence-electron chi connectivity index (χ0n) is 9.66. The van der Waals surface area contributed by atoms with Crippen LogP contribution in [-0.2, 0) is 6.42 Å². The highest BCUT2D eigenvalue weighted by molar-refractivity contribution is 5.32. The Hall–Kier alpha value is -1.09. The second-order valence-corrected chi connectivity index (χ2v) is 4.65. The van der Waals surface area contributed by atoms with Crippen molar-refractivity contribution in [3.05, 3.63) is 29.6 Å². The molecular weight excluding hydrogens is 207 g/mol. The molecule has 16 heavy (non-hydrogen) atoms. The number of rotatable bonds is 4. The lowest BCUT2D eigenvalue weighted by atomic mass is 9.91. The van der Waals surface area contributed by atoms with Crippen molar-refractivity contribution in [2.45, 2.75) is 32.3 Å². The van der Waals surface area contributed by atoms with E-state index in [0.717, 1.165) is 12.8 Å². The van der Waals surface area contributed by atoms with Crippen LogP contribution in [0, 0.1) is 11.2 Å². The minimum atomic E-state index is -0.377. The Labute approximate surface area is 95.1 Å². The molecule has 1 aromatic rings. The SMILES string of the molecule is COc1cccc(CC2(C(C)O)CC2)c1F. The third-order valence-corrected chi connectivity index (χ3v) is 3.58. The van der Waals surface area contributed by atoms with Gasteiger partial charge in [-0.25, -0.2) is 4.39 Å². The van der Waals surface area contributed by atoms with E-state index in [1.165, 1.54) is 7.11 Å². The summed E-state index contributed by atoms with van der Waals surface area (Å²) in [5, 5.41) is 9.67. The van der Waals surface area contributed by atoms with Crippen molar-refractivity contribution in [3.63, 3.8) is 0 Å². The first-order valence-electron chi connectivity index (χ1n) is 5.58. The van der Waals surface area contributed by atoms with Crippen LogP contribution in [0.25, 0.3) is 0 Å². The number of benzene rings is 1. The van der Waals surface area contributed by atoms with Gasteiger partial charge in [0.25, 0.3) is 0 Å². The lowest BCUT2D eigenvalue weighted by molar-refractivity contribution is 0.110. The summed E-state index contributed by atoms with van der Waals surface area (Å²) in [6.07, 6.45) is 2.16. The average Bonchev–Trinajstić information content (AvgIpc) is 3.02. The van der Waals surface area contributed by atoms with Crippen molar-refractivity contribution in [2.24, 2.45) is 5.41 Å². The summed E-state index contributed by atoms with van der Waals surface area (Å²) in [7, 11) is 1.46. The fraction of sp³-hybridized carbons (Fsp3) is 0.538. The van der Waals surface area contributed by atoms with Gasteiger partial charge in [-0.15, -0.1) is 0 Å². The summed E-state index contributed by atoms with van der Waals surface area (Å²) in [4.78, 5) is 0. The lowest BCUT2D eigenvalue weighted by Gasteiger charge is -2.19. The van der Waals surface area contributed by atoms with Gasteiger partial charge in [-0.05, 0) is 37.8 Å². The van der Waals surface area contributed by atoms with Gasteiger partial charge in [0.05, 0.1) is 13.2 Å². The summed E-state index contributed by atoms with van der Waals surface area (Å²) >= 11 is 0. The van der Waals surface area contributed by atoms with Crippen LogP contribution < -0.4 is 4.74 Å². The summed E-state index contributed by atoms with van der Waals surface area (Å²) in [6.45, 7) is 1.78. The molecule has 2 nitrogen and oxygen atoms in total. The molecule has 1 N–H and O–H groups in total. The second kappa shape index (κ2) is 4.06. The third kappa shape index (κ3) is 1.92. The Kier molecular flexibility index (Phi) is 2.89. The van der Waals surface area contributed by atoms with E-state index in [1.807, 2.05) is 0 Å². The van der Waals surface area contributed by atoms with E-state index in [4.69, 9.17) is 4.74 Å². The first-order chi connectivity index (χ1) is 7.59. The predicted octanol–water partition coefficient (Wildman–Crippen LogP) is 2.54. The monoisotopic (exact) mass is 224 g/mol. The van der Waals surface area contributed by atoms with Crippen LogP contribution in [0.5, 0.6) is 5.75 Å². The van der Waals surface area contributed by atoms with Crippen LogP contribution in [0.3, 0.4) is 0 Å². The zero-order valence-corrected chi connectivity index (χ0v) is 9.66. The van der Waals surface area contributed by atoms with Crippen molar-refractivity contribution >= 4 is 0 Å². The predicted molar refractivity (Wildman–Crippen MR) is 60.0 cm³/mol. The molecule has 0 aliphatic heterocycles. The van der Waals surface area contributed by atoms with Crippen molar-refractivity contribution in [3.8, 4) is 5.75 Å². The highest BCUT2D eigenvalue weighted by Crippen LogP contribution is 2.51. The van der Waals surface area contributed by atoms with Crippen LogP contribution >= 0.6 is 0 Å². The maximum atomic E-state index is 13.9. The van der Waals surface area contributed by atoms with Gasteiger partial charge in [-0.2, -0.15) is 0 Å². The molecule has 1 atom stereocenters.